The van der Waals surface area contributed by atoms with Crippen LogP contribution in [0.1, 0.15) is 40.5 Å². The van der Waals surface area contributed by atoms with Gasteiger partial charge in [-0.15, -0.1) is 0 Å². The SMILES string of the molecule is CCNC1CC(CC)CN(C(=O)C(C)C)C1. The van der Waals surface area contributed by atoms with Crippen LogP contribution < -0.4 is 5.32 Å². The molecule has 3 nitrogen and oxygen atoms in total. The number of likely N-dealkylation sites (N-methyl/N-ethyl adjacent to an activating group) is 1. The van der Waals surface area contributed by atoms with Crippen LogP contribution in [0.15, 0.2) is 0 Å². The maximum atomic E-state index is 12.0. The highest BCUT2D eigenvalue weighted by Gasteiger charge is 2.29. The predicted molar refractivity (Wildman–Crippen MR) is 67.3 cm³/mol. The smallest absolute Gasteiger partial charge is 0.225 e. The van der Waals surface area contributed by atoms with Gasteiger partial charge in [-0.25, -0.2) is 0 Å². The maximum absolute atomic E-state index is 12.0. The van der Waals surface area contributed by atoms with Crippen molar-refractivity contribution in [2.24, 2.45) is 11.8 Å². The summed E-state index contributed by atoms with van der Waals surface area (Å²) in [6, 6.07) is 0.492. The second-order valence-electron chi connectivity index (χ2n) is 5.16. The van der Waals surface area contributed by atoms with Crippen molar-refractivity contribution in [3.8, 4) is 0 Å². The molecule has 0 aliphatic carbocycles. The molecule has 94 valence electrons. The van der Waals surface area contributed by atoms with Gasteiger partial charge in [0.2, 0.25) is 5.91 Å². The molecule has 2 unspecified atom stereocenters. The first kappa shape index (κ1) is 13.5. The predicted octanol–water partition coefficient (Wildman–Crippen LogP) is 1.88. The monoisotopic (exact) mass is 226 g/mol. The molecule has 1 amide bonds. The van der Waals surface area contributed by atoms with Crippen LogP contribution in [0.5, 0.6) is 0 Å². The Labute approximate surface area is 99.6 Å². The van der Waals surface area contributed by atoms with Gasteiger partial charge in [-0.05, 0) is 18.9 Å². The zero-order valence-corrected chi connectivity index (χ0v) is 11.1. The molecule has 0 radical (unpaired) electrons. The highest BCUT2D eigenvalue weighted by atomic mass is 16.2. The van der Waals surface area contributed by atoms with E-state index in [0.717, 1.165) is 19.6 Å². The summed E-state index contributed by atoms with van der Waals surface area (Å²) >= 11 is 0. The van der Waals surface area contributed by atoms with Crippen molar-refractivity contribution in [2.45, 2.75) is 46.6 Å². The van der Waals surface area contributed by atoms with Gasteiger partial charge >= 0.3 is 0 Å². The molecule has 1 N–H and O–H groups in total. The van der Waals surface area contributed by atoms with Crippen molar-refractivity contribution < 1.29 is 4.79 Å². The van der Waals surface area contributed by atoms with E-state index in [-0.39, 0.29) is 5.92 Å². The second kappa shape index (κ2) is 6.24. The van der Waals surface area contributed by atoms with Crippen LogP contribution in [0, 0.1) is 11.8 Å². The molecule has 1 rings (SSSR count). The van der Waals surface area contributed by atoms with Crippen molar-refractivity contribution in [3.63, 3.8) is 0 Å². The van der Waals surface area contributed by atoms with E-state index in [4.69, 9.17) is 0 Å². The quantitative estimate of drug-likeness (QED) is 0.794. The minimum atomic E-state index is 0.123. The molecule has 0 aromatic heterocycles. The lowest BCUT2D eigenvalue weighted by molar-refractivity contribution is -0.136. The number of hydrogen-bond donors (Lipinski definition) is 1. The number of likely N-dealkylation sites (tertiary alicyclic amines) is 1. The maximum Gasteiger partial charge on any atom is 0.225 e. The van der Waals surface area contributed by atoms with E-state index in [0.29, 0.717) is 17.9 Å². The van der Waals surface area contributed by atoms with Gasteiger partial charge in [0.15, 0.2) is 0 Å². The van der Waals surface area contributed by atoms with Crippen molar-refractivity contribution in [1.29, 1.82) is 0 Å². The van der Waals surface area contributed by atoms with Crippen LogP contribution >= 0.6 is 0 Å². The first-order valence-corrected chi connectivity index (χ1v) is 6.60. The molecule has 0 bridgehead atoms. The summed E-state index contributed by atoms with van der Waals surface area (Å²) in [6.45, 7) is 11.2. The van der Waals surface area contributed by atoms with Crippen LogP contribution in [0.4, 0.5) is 0 Å². The highest BCUT2D eigenvalue weighted by molar-refractivity contribution is 5.78. The third kappa shape index (κ3) is 3.48. The molecule has 2 atom stereocenters. The highest BCUT2D eigenvalue weighted by Crippen LogP contribution is 2.21. The molecule has 3 heteroatoms. The van der Waals surface area contributed by atoms with Gasteiger partial charge in [0.25, 0.3) is 0 Å². The molecule has 1 aliphatic rings. The summed E-state index contributed by atoms with van der Waals surface area (Å²) in [4.78, 5) is 14.1. The van der Waals surface area contributed by atoms with Gasteiger partial charge in [-0.3, -0.25) is 4.79 Å². The Hall–Kier alpha value is -0.570. The number of rotatable bonds is 4. The Balaban J connectivity index is 2.60. The van der Waals surface area contributed by atoms with E-state index in [9.17, 15) is 4.79 Å². The molecule has 16 heavy (non-hydrogen) atoms. The van der Waals surface area contributed by atoms with E-state index < -0.39 is 0 Å². The van der Waals surface area contributed by atoms with Gasteiger partial charge in [-0.2, -0.15) is 0 Å². The fourth-order valence-electron chi connectivity index (χ4n) is 2.48. The lowest BCUT2D eigenvalue weighted by Crippen LogP contribution is -2.52. The summed E-state index contributed by atoms with van der Waals surface area (Å²) in [6.07, 6.45) is 2.38. The number of piperidine rings is 1. The van der Waals surface area contributed by atoms with Crippen LogP contribution in [-0.4, -0.2) is 36.5 Å². The van der Waals surface area contributed by atoms with Crippen molar-refractivity contribution in [2.75, 3.05) is 19.6 Å². The fraction of sp³-hybridized carbons (Fsp3) is 0.923. The molecule has 0 saturated carbocycles. The minimum absolute atomic E-state index is 0.123. The number of nitrogens with one attached hydrogen (secondary N) is 1. The first-order valence-electron chi connectivity index (χ1n) is 6.60. The van der Waals surface area contributed by atoms with E-state index in [1.165, 1.54) is 12.8 Å². The molecule has 0 aromatic rings. The van der Waals surface area contributed by atoms with E-state index in [1.807, 2.05) is 13.8 Å². The molecule has 0 spiro atoms. The Kier molecular flexibility index (Phi) is 5.26. The van der Waals surface area contributed by atoms with E-state index in [1.54, 1.807) is 0 Å². The fourth-order valence-corrected chi connectivity index (χ4v) is 2.48. The Morgan fingerprint density at radius 2 is 2.06 bits per heavy atom. The number of amides is 1. The normalized spacial score (nSPS) is 26.2. The standard InChI is InChI=1S/C13H26N2O/c1-5-11-7-12(14-6-2)9-15(8-11)13(16)10(3)4/h10-12,14H,5-9H2,1-4H3. The van der Waals surface area contributed by atoms with Crippen LogP contribution in [-0.2, 0) is 4.79 Å². The topological polar surface area (TPSA) is 32.3 Å². The molecule has 1 fully saturated rings. The van der Waals surface area contributed by atoms with Crippen molar-refractivity contribution in [3.05, 3.63) is 0 Å². The summed E-state index contributed by atoms with van der Waals surface area (Å²) in [5.74, 6) is 1.10. The average molecular weight is 226 g/mol. The molecule has 1 saturated heterocycles. The van der Waals surface area contributed by atoms with Gasteiger partial charge in [0.05, 0.1) is 0 Å². The van der Waals surface area contributed by atoms with Crippen molar-refractivity contribution in [1.82, 2.24) is 10.2 Å². The second-order valence-corrected chi connectivity index (χ2v) is 5.16. The van der Waals surface area contributed by atoms with E-state index in [2.05, 4.69) is 24.1 Å². The summed E-state index contributed by atoms with van der Waals surface area (Å²) < 4.78 is 0. The minimum Gasteiger partial charge on any atom is -0.341 e. The average Bonchev–Trinajstić information content (AvgIpc) is 2.27. The van der Waals surface area contributed by atoms with Crippen LogP contribution in [0.2, 0.25) is 0 Å². The largest absolute Gasteiger partial charge is 0.341 e. The molecule has 1 heterocycles. The lowest BCUT2D eigenvalue weighted by atomic mass is 9.91. The molecule has 1 aliphatic heterocycles. The third-order valence-electron chi connectivity index (χ3n) is 3.41. The number of nitrogens with zero attached hydrogens (tertiary/aromatic N) is 1. The van der Waals surface area contributed by atoms with Gasteiger partial charge in [0.1, 0.15) is 0 Å². The summed E-state index contributed by atoms with van der Waals surface area (Å²) in [5, 5.41) is 3.48. The number of carbonyl (C=O) groups excluding carboxylic acids is 1. The van der Waals surface area contributed by atoms with Crippen LogP contribution in [0.25, 0.3) is 0 Å². The third-order valence-corrected chi connectivity index (χ3v) is 3.41. The summed E-state index contributed by atoms with van der Waals surface area (Å²) in [5.41, 5.74) is 0. The molecular weight excluding hydrogens is 200 g/mol. The Morgan fingerprint density at radius 1 is 1.38 bits per heavy atom. The lowest BCUT2D eigenvalue weighted by Gasteiger charge is -2.38. The number of hydrogen-bond acceptors (Lipinski definition) is 2. The zero-order chi connectivity index (χ0) is 12.1. The zero-order valence-electron chi connectivity index (χ0n) is 11.1. The van der Waals surface area contributed by atoms with Gasteiger partial charge in [-0.1, -0.05) is 34.1 Å². The number of carbonyl (C=O) groups is 1. The Morgan fingerprint density at radius 3 is 2.56 bits per heavy atom. The molecule has 0 aromatic carbocycles. The first-order chi connectivity index (χ1) is 7.58. The van der Waals surface area contributed by atoms with Crippen molar-refractivity contribution >= 4 is 5.91 Å². The van der Waals surface area contributed by atoms with Gasteiger partial charge in [0, 0.05) is 25.0 Å². The van der Waals surface area contributed by atoms with Gasteiger partial charge < -0.3 is 10.2 Å². The van der Waals surface area contributed by atoms with Crippen LogP contribution in [0.3, 0.4) is 0 Å². The Bertz CT molecular complexity index is 228. The molecular formula is C13H26N2O. The van der Waals surface area contributed by atoms with E-state index >= 15 is 0 Å². The summed E-state index contributed by atoms with van der Waals surface area (Å²) in [7, 11) is 0.